The molecule has 1 aromatic rings. The number of nitrogens with one attached hydrogen (secondary N) is 1. The van der Waals surface area contributed by atoms with Gasteiger partial charge in [0.05, 0.1) is 0 Å². The molecule has 1 N–H and O–H groups in total. The van der Waals surface area contributed by atoms with E-state index in [1.807, 2.05) is 0 Å². The number of fused-ring (bicyclic) bond motifs is 1. The maximum atomic E-state index is 3.61. The third-order valence-corrected chi connectivity index (χ3v) is 3.02. The van der Waals surface area contributed by atoms with E-state index in [0.29, 0.717) is 6.04 Å². The van der Waals surface area contributed by atoms with E-state index >= 15 is 0 Å². The topological polar surface area (TPSA) is 12.0 Å². The van der Waals surface area contributed by atoms with Crippen molar-refractivity contribution in [1.29, 1.82) is 0 Å². The lowest BCUT2D eigenvalue weighted by molar-refractivity contribution is 0.529. The van der Waals surface area contributed by atoms with E-state index < -0.39 is 0 Å². The molecule has 0 bridgehead atoms. The molecule has 0 aliphatic heterocycles. The van der Waals surface area contributed by atoms with Gasteiger partial charge >= 0.3 is 0 Å². The normalized spacial score (nSPS) is 19.7. The third-order valence-electron chi connectivity index (χ3n) is 3.02. The number of rotatable bonds is 3. The van der Waals surface area contributed by atoms with Crippen LogP contribution < -0.4 is 5.32 Å². The fourth-order valence-corrected chi connectivity index (χ4v) is 2.25. The SMILES string of the molecule is CCCN[C@@H]1CCc2ccc(C)cc21. The van der Waals surface area contributed by atoms with Gasteiger partial charge in [-0.1, -0.05) is 30.7 Å². The molecule has 0 amide bonds. The van der Waals surface area contributed by atoms with Crippen molar-refractivity contribution < 1.29 is 0 Å². The van der Waals surface area contributed by atoms with Crippen molar-refractivity contribution in [2.45, 2.75) is 39.2 Å². The summed E-state index contributed by atoms with van der Waals surface area (Å²) in [6.07, 6.45) is 3.74. The highest BCUT2D eigenvalue weighted by Gasteiger charge is 2.21. The standard InChI is InChI=1S/C13H19N/c1-3-8-14-13-7-6-11-5-4-10(2)9-12(11)13/h4-5,9,13-14H,3,6-8H2,1-2H3/t13-/m1/s1. The molecule has 1 aliphatic rings. The highest BCUT2D eigenvalue weighted by molar-refractivity contribution is 5.37. The lowest BCUT2D eigenvalue weighted by atomic mass is 10.1. The van der Waals surface area contributed by atoms with Crippen molar-refractivity contribution in [1.82, 2.24) is 5.32 Å². The summed E-state index contributed by atoms with van der Waals surface area (Å²) >= 11 is 0. The largest absolute Gasteiger partial charge is 0.310 e. The van der Waals surface area contributed by atoms with Gasteiger partial charge < -0.3 is 5.32 Å². The molecule has 0 saturated carbocycles. The van der Waals surface area contributed by atoms with Crippen LogP contribution >= 0.6 is 0 Å². The van der Waals surface area contributed by atoms with Crippen LogP contribution in [0.3, 0.4) is 0 Å². The Morgan fingerprint density at radius 1 is 1.43 bits per heavy atom. The Balaban J connectivity index is 2.16. The Morgan fingerprint density at radius 2 is 2.29 bits per heavy atom. The Labute approximate surface area is 86.5 Å². The molecule has 76 valence electrons. The number of benzene rings is 1. The molecular formula is C13H19N. The Bertz CT molecular complexity index is 317. The minimum atomic E-state index is 0.616. The van der Waals surface area contributed by atoms with Crippen molar-refractivity contribution in [3.8, 4) is 0 Å². The van der Waals surface area contributed by atoms with Gasteiger partial charge in [0.15, 0.2) is 0 Å². The minimum absolute atomic E-state index is 0.616. The van der Waals surface area contributed by atoms with Gasteiger partial charge in [0.2, 0.25) is 0 Å². The van der Waals surface area contributed by atoms with Crippen molar-refractivity contribution in [2.24, 2.45) is 0 Å². The molecule has 0 spiro atoms. The fourth-order valence-electron chi connectivity index (χ4n) is 2.25. The first-order chi connectivity index (χ1) is 6.81. The highest BCUT2D eigenvalue weighted by Crippen LogP contribution is 2.31. The lowest BCUT2D eigenvalue weighted by Crippen LogP contribution is -2.19. The van der Waals surface area contributed by atoms with Gasteiger partial charge in [0.25, 0.3) is 0 Å². The summed E-state index contributed by atoms with van der Waals surface area (Å²) in [5.74, 6) is 0. The van der Waals surface area contributed by atoms with Gasteiger partial charge in [-0.2, -0.15) is 0 Å². The molecule has 0 unspecified atom stereocenters. The van der Waals surface area contributed by atoms with Crippen molar-refractivity contribution in [3.05, 3.63) is 34.9 Å². The molecule has 1 heteroatoms. The lowest BCUT2D eigenvalue weighted by Gasteiger charge is -2.13. The van der Waals surface area contributed by atoms with Crippen molar-refractivity contribution in [3.63, 3.8) is 0 Å². The molecule has 1 aliphatic carbocycles. The quantitative estimate of drug-likeness (QED) is 0.770. The van der Waals surface area contributed by atoms with Gasteiger partial charge in [0.1, 0.15) is 0 Å². The van der Waals surface area contributed by atoms with Gasteiger partial charge in [-0.25, -0.2) is 0 Å². The van der Waals surface area contributed by atoms with Gasteiger partial charge in [0, 0.05) is 6.04 Å². The highest BCUT2D eigenvalue weighted by atomic mass is 14.9. The second-order valence-corrected chi connectivity index (χ2v) is 4.25. The van der Waals surface area contributed by atoms with E-state index in [-0.39, 0.29) is 0 Å². The molecule has 14 heavy (non-hydrogen) atoms. The number of aryl methyl sites for hydroxylation is 2. The fraction of sp³-hybridized carbons (Fsp3) is 0.538. The summed E-state index contributed by atoms with van der Waals surface area (Å²) < 4.78 is 0. The van der Waals surface area contributed by atoms with E-state index in [9.17, 15) is 0 Å². The van der Waals surface area contributed by atoms with Crippen molar-refractivity contribution in [2.75, 3.05) is 6.54 Å². The van der Waals surface area contributed by atoms with Crippen molar-refractivity contribution >= 4 is 0 Å². The summed E-state index contributed by atoms with van der Waals surface area (Å²) in [5.41, 5.74) is 4.47. The molecular weight excluding hydrogens is 170 g/mol. The molecule has 2 rings (SSSR count). The summed E-state index contributed by atoms with van der Waals surface area (Å²) in [6.45, 7) is 5.53. The van der Waals surface area contributed by atoms with Crippen LogP contribution in [0.5, 0.6) is 0 Å². The van der Waals surface area contributed by atoms with E-state index in [0.717, 1.165) is 6.54 Å². The Hall–Kier alpha value is -0.820. The number of hydrogen-bond donors (Lipinski definition) is 1. The molecule has 1 nitrogen and oxygen atoms in total. The average molecular weight is 189 g/mol. The van der Waals surface area contributed by atoms with E-state index in [1.165, 1.54) is 24.8 Å². The van der Waals surface area contributed by atoms with Crippen LogP contribution in [-0.4, -0.2) is 6.54 Å². The van der Waals surface area contributed by atoms with Gasteiger partial charge in [-0.15, -0.1) is 0 Å². The summed E-state index contributed by atoms with van der Waals surface area (Å²) in [6, 6.07) is 7.47. The second kappa shape index (κ2) is 4.14. The number of hydrogen-bond acceptors (Lipinski definition) is 1. The van der Waals surface area contributed by atoms with Crippen LogP contribution in [0, 0.1) is 6.92 Å². The first kappa shape index (κ1) is 9.72. The van der Waals surface area contributed by atoms with Gasteiger partial charge in [-0.3, -0.25) is 0 Å². The maximum Gasteiger partial charge on any atom is 0.0326 e. The summed E-state index contributed by atoms with van der Waals surface area (Å²) in [5, 5.41) is 3.61. The molecule has 0 saturated heterocycles. The van der Waals surface area contributed by atoms with E-state index in [4.69, 9.17) is 0 Å². The second-order valence-electron chi connectivity index (χ2n) is 4.25. The first-order valence-corrected chi connectivity index (χ1v) is 5.64. The molecule has 0 fully saturated rings. The average Bonchev–Trinajstić information content (AvgIpc) is 2.57. The zero-order valence-corrected chi connectivity index (χ0v) is 9.14. The van der Waals surface area contributed by atoms with Crippen LogP contribution in [-0.2, 0) is 6.42 Å². The van der Waals surface area contributed by atoms with Crippen LogP contribution in [0.25, 0.3) is 0 Å². The molecule has 1 atom stereocenters. The Kier molecular flexibility index (Phi) is 2.87. The van der Waals surface area contributed by atoms with E-state index in [2.05, 4.69) is 37.4 Å². The smallest absolute Gasteiger partial charge is 0.0326 e. The zero-order valence-electron chi connectivity index (χ0n) is 9.14. The third kappa shape index (κ3) is 1.83. The first-order valence-electron chi connectivity index (χ1n) is 5.64. The predicted molar refractivity (Wildman–Crippen MR) is 60.5 cm³/mol. The molecule has 0 radical (unpaired) electrons. The molecule has 0 heterocycles. The van der Waals surface area contributed by atoms with Crippen LogP contribution in [0.2, 0.25) is 0 Å². The van der Waals surface area contributed by atoms with Gasteiger partial charge in [-0.05, 0) is 43.9 Å². The van der Waals surface area contributed by atoms with E-state index in [1.54, 1.807) is 11.1 Å². The Morgan fingerprint density at radius 3 is 3.07 bits per heavy atom. The summed E-state index contributed by atoms with van der Waals surface area (Å²) in [7, 11) is 0. The molecule has 0 aromatic heterocycles. The van der Waals surface area contributed by atoms with Crippen LogP contribution in [0.1, 0.15) is 42.5 Å². The monoisotopic (exact) mass is 189 g/mol. The minimum Gasteiger partial charge on any atom is -0.310 e. The van der Waals surface area contributed by atoms with Crippen LogP contribution in [0.15, 0.2) is 18.2 Å². The predicted octanol–water partition coefficient (Wildman–Crippen LogP) is 2.98. The maximum absolute atomic E-state index is 3.61. The zero-order chi connectivity index (χ0) is 9.97. The van der Waals surface area contributed by atoms with Crippen LogP contribution in [0.4, 0.5) is 0 Å². The summed E-state index contributed by atoms with van der Waals surface area (Å²) in [4.78, 5) is 0. The molecule has 1 aromatic carbocycles.